The number of aromatic nitrogens is 4. The Hall–Kier alpha value is -4.73. The molecule has 33 heavy (non-hydrogen) atoms. The number of carbonyl (C=O) groups excluding carboxylic acids is 2. The molecule has 2 amide bonds. The van der Waals surface area contributed by atoms with Crippen LogP contribution in [0.4, 0.5) is 11.4 Å². The van der Waals surface area contributed by atoms with Gasteiger partial charge in [0.25, 0.3) is 5.91 Å². The lowest BCUT2D eigenvalue weighted by Crippen LogP contribution is -2.20. The summed E-state index contributed by atoms with van der Waals surface area (Å²) in [6.07, 6.45) is 3.03. The van der Waals surface area contributed by atoms with E-state index in [1.807, 2.05) is 30.3 Å². The molecule has 0 unspecified atom stereocenters. The number of amides is 2. The first-order chi connectivity index (χ1) is 16.0. The molecular weight excluding hydrogens is 424 g/mol. The molecule has 2 aromatic carbocycles. The molecule has 0 radical (unpaired) electrons. The molecule has 0 aliphatic carbocycles. The largest absolute Gasteiger partial charge is 0.495 e. The Labute approximate surface area is 188 Å². The number of rotatable bonds is 7. The van der Waals surface area contributed by atoms with Gasteiger partial charge in [0, 0.05) is 24.3 Å². The Morgan fingerprint density at radius 1 is 1.06 bits per heavy atom. The summed E-state index contributed by atoms with van der Waals surface area (Å²) in [5.41, 5.74) is 1.70. The number of ether oxygens (including phenoxy) is 1. The van der Waals surface area contributed by atoms with Gasteiger partial charge in [-0.1, -0.05) is 30.3 Å². The highest BCUT2D eigenvalue weighted by atomic mass is 16.5. The van der Waals surface area contributed by atoms with Gasteiger partial charge in [0.1, 0.15) is 17.2 Å². The highest BCUT2D eigenvalue weighted by Gasteiger charge is 2.21. The third-order valence-corrected chi connectivity index (χ3v) is 4.55. The normalized spacial score (nSPS) is 11.2. The number of furan rings is 1. The molecule has 2 heterocycles. The van der Waals surface area contributed by atoms with Crippen molar-refractivity contribution in [3.63, 3.8) is 0 Å². The Morgan fingerprint density at radius 3 is 2.58 bits per heavy atom. The molecular formula is C23H20N6O4. The summed E-state index contributed by atoms with van der Waals surface area (Å²) in [5.74, 6) is 0.470. The second-order valence-corrected chi connectivity index (χ2v) is 6.88. The zero-order chi connectivity index (χ0) is 23.2. The maximum Gasteiger partial charge on any atom is 0.274 e. The molecule has 0 saturated heterocycles. The number of nitrogens with zero attached hydrogens (tertiary/aromatic N) is 4. The monoisotopic (exact) mass is 444 g/mol. The average Bonchev–Trinajstić information content (AvgIpc) is 3.50. The van der Waals surface area contributed by atoms with Crippen LogP contribution in [-0.2, 0) is 9.59 Å². The summed E-state index contributed by atoms with van der Waals surface area (Å²) in [4.78, 5) is 24.9. The van der Waals surface area contributed by atoms with Gasteiger partial charge >= 0.3 is 0 Å². The van der Waals surface area contributed by atoms with Gasteiger partial charge in [-0.2, -0.15) is 4.68 Å². The number of hydrogen-bond acceptors (Lipinski definition) is 7. The zero-order valence-corrected chi connectivity index (χ0v) is 17.9. The van der Waals surface area contributed by atoms with E-state index in [0.717, 1.165) is 5.56 Å². The molecule has 10 heteroatoms. The van der Waals surface area contributed by atoms with Gasteiger partial charge in [-0.3, -0.25) is 9.59 Å². The topological polar surface area (TPSA) is 124 Å². The molecule has 0 saturated carbocycles. The van der Waals surface area contributed by atoms with Crippen LogP contribution in [-0.4, -0.2) is 39.1 Å². The summed E-state index contributed by atoms with van der Waals surface area (Å²) in [5, 5.41) is 17.4. The van der Waals surface area contributed by atoms with Crippen molar-refractivity contribution in [2.45, 2.75) is 6.92 Å². The number of hydrogen-bond donors (Lipinski definition) is 2. The Bertz CT molecular complexity index is 1300. The smallest absolute Gasteiger partial charge is 0.274 e. The fourth-order valence-corrected chi connectivity index (χ4v) is 3.12. The van der Waals surface area contributed by atoms with Crippen LogP contribution in [0, 0.1) is 0 Å². The van der Waals surface area contributed by atoms with Gasteiger partial charge in [0.15, 0.2) is 5.82 Å². The highest BCUT2D eigenvalue weighted by Crippen LogP contribution is 2.29. The van der Waals surface area contributed by atoms with Gasteiger partial charge in [-0.05, 0) is 40.8 Å². The van der Waals surface area contributed by atoms with Crippen molar-refractivity contribution in [1.29, 1.82) is 0 Å². The fourth-order valence-electron chi connectivity index (χ4n) is 3.12. The number of anilines is 2. The standard InChI is InChI=1S/C23H20N6O4/c1-15(30)24-17-10-11-21(32-2)19(13-17)25-23(31)20(14-18-9-6-12-33-18)29-22(26-27-28-29)16-7-4-3-5-8-16/h3-14H,1-2H3,(H,24,30)(H,25,31)/b20-14-. The van der Waals surface area contributed by atoms with Gasteiger partial charge < -0.3 is 19.8 Å². The third kappa shape index (κ3) is 4.96. The Balaban J connectivity index is 1.74. The summed E-state index contributed by atoms with van der Waals surface area (Å²) in [6, 6.07) is 17.6. The lowest BCUT2D eigenvalue weighted by atomic mass is 10.2. The van der Waals surface area contributed by atoms with E-state index in [-0.39, 0.29) is 11.6 Å². The molecule has 0 bridgehead atoms. The van der Waals surface area contributed by atoms with E-state index in [1.165, 1.54) is 31.1 Å². The lowest BCUT2D eigenvalue weighted by Gasteiger charge is -2.14. The van der Waals surface area contributed by atoms with Crippen molar-refractivity contribution in [2.75, 3.05) is 17.7 Å². The molecule has 2 N–H and O–H groups in total. The van der Waals surface area contributed by atoms with Crippen LogP contribution in [0.15, 0.2) is 71.3 Å². The van der Waals surface area contributed by atoms with Crippen molar-refractivity contribution in [3.8, 4) is 17.1 Å². The van der Waals surface area contributed by atoms with Crippen molar-refractivity contribution in [2.24, 2.45) is 0 Å². The molecule has 0 aliphatic heterocycles. The lowest BCUT2D eigenvalue weighted by molar-refractivity contribution is -0.114. The number of carbonyl (C=O) groups is 2. The van der Waals surface area contributed by atoms with Crippen LogP contribution in [0.5, 0.6) is 5.75 Å². The predicted octanol–water partition coefficient (Wildman–Crippen LogP) is 3.54. The van der Waals surface area contributed by atoms with E-state index in [2.05, 4.69) is 26.2 Å². The third-order valence-electron chi connectivity index (χ3n) is 4.55. The Kier molecular flexibility index (Phi) is 6.26. The van der Waals surface area contributed by atoms with E-state index in [9.17, 15) is 9.59 Å². The molecule has 0 atom stereocenters. The first-order valence-electron chi connectivity index (χ1n) is 9.91. The van der Waals surface area contributed by atoms with E-state index >= 15 is 0 Å². The van der Waals surface area contributed by atoms with E-state index in [1.54, 1.807) is 30.3 Å². The van der Waals surface area contributed by atoms with Crippen LogP contribution >= 0.6 is 0 Å². The van der Waals surface area contributed by atoms with Gasteiger partial charge in [-0.25, -0.2) is 0 Å². The summed E-state index contributed by atoms with van der Waals surface area (Å²) in [6.45, 7) is 1.40. The maximum atomic E-state index is 13.4. The molecule has 0 spiro atoms. The van der Waals surface area contributed by atoms with Gasteiger partial charge in [-0.15, -0.1) is 5.10 Å². The maximum absolute atomic E-state index is 13.4. The zero-order valence-electron chi connectivity index (χ0n) is 17.9. The minimum atomic E-state index is -0.519. The number of benzene rings is 2. The summed E-state index contributed by atoms with van der Waals surface area (Å²) < 4.78 is 12.1. The minimum Gasteiger partial charge on any atom is -0.495 e. The molecule has 0 fully saturated rings. The molecule has 10 nitrogen and oxygen atoms in total. The molecule has 0 aliphatic rings. The van der Waals surface area contributed by atoms with Crippen LogP contribution in [0.25, 0.3) is 23.2 Å². The van der Waals surface area contributed by atoms with Crippen LogP contribution in [0.3, 0.4) is 0 Å². The van der Waals surface area contributed by atoms with Crippen LogP contribution in [0.2, 0.25) is 0 Å². The SMILES string of the molecule is COc1ccc(NC(C)=O)cc1NC(=O)/C(=C/c1ccco1)n1nnnc1-c1ccccc1. The van der Waals surface area contributed by atoms with E-state index in [0.29, 0.717) is 28.7 Å². The summed E-state index contributed by atoms with van der Waals surface area (Å²) >= 11 is 0. The van der Waals surface area contributed by atoms with Crippen molar-refractivity contribution in [3.05, 3.63) is 72.7 Å². The van der Waals surface area contributed by atoms with E-state index < -0.39 is 5.91 Å². The molecule has 4 rings (SSSR count). The average molecular weight is 444 g/mol. The van der Waals surface area contributed by atoms with Crippen molar-refractivity contribution < 1.29 is 18.7 Å². The van der Waals surface area contributed by atoms with Gasteiger partial charge in [0.05, 0.1) is 19.1 Å². The van der Waals surface area contributed by atoms with E-state index in [4.69, 9.17) is 9.15 Å². The second kappa shape index (κ2) is 9.60. The second-order valence-electron chi connectivity index (χ2n) is 6.88. The van der Waals surface area contributed by atoms with Crippen LogP contribution in [0.1, 0.15) is 12.7 Å². The quantitative estimate of drug-likeness (QED) is 0.418. The first-order valence-corrected chi connectivity index (χ1v) is 9.91. The number of nitrogens with one attached hydrogen (secondary N) is 2. The van der Waals surface area contributed by atoms with Gasteiger partial charge in [0.2, 0.25) is 5.91 Å². The molecule has 4 aromatic rings. The van der Waals surface area contributed by atoms with Crippen molar-refractivity contribution >= 4 is 35.0 Å². The first kappa shape index (κ1) is 21.5. The highest BCUT2D eigenvalue weighted by molar-refractivity contribution is 6.24. The number of methoxy groups -OCH3 is 1. The molecule has 166 valence electrons. The van der Waals surface area contributed by atoms with Crippen LogP contribution < -0.4 is 15.4 Å². The Morgan fingerprint density at radius 2 is 1.88 bits per heavy atom. The predicted molar refractivity (Wildman–Crippen MR) is 122 cm³/mol. The van der Waals surface area contributed by atoms with Crippen molar-refractivity contribution in [1.82, 2.24) is 20.2 Å². The summed E-state index contributed by atoms with van der Waals surface area (Å²) in [7, 11) is 1.48. The minimum absolute atomic E-state index is 0.112. The molecule has 2 aromatic heterocycles. The fraction of sp³-hybridized carbons (Fsp3) is 0.0870. The number of tetrazole rings is 1.